The van der Waals surface area contributed by atoms with Gasteiger partial charge in [0.15, 0.2) is 4.34 Å². The van der Waals surface area contributed by atoms with E-state index in [9.17, 15) is 4.79 Å². The van der Waals surface area contributed by atoms with Gasteiger partial charge in [0, 0.05) is 37.4 Å². The van der Waals surface area contributed by atoms with Crippen molar-refractivity contribution < 1.29 is 4.79 Å². The van der Waals surface area contributed by atoms with Gasteiger partial charge in [-0.1, -0.05) is 23.1 Å². The number of nitrogens with two attached hydrogens (primary N) is 1. The summed E-state index contributed by atoms with van der Waals surface area (Å²) in [6.45, 7) is 6.96. The molecular weight excluding hydrogens is 346 g/mol. The van der Waals surface area contributed by atoms with Gasteiger partial charge in [0.25, 0.3) is 0 Å². The minimum Gasteiger partial charge on any atom is -0.374 e. The lowest BCUT2D eigenvalue weighted by molar-refractivity contribution is -0.128. The number of amides is 1. The van der Waals surface area contributed by atoms with Gasteiger partial charge in [-0.25, -0.2) is 9.97 Å². The molecule has 0 aromatic carbocycles. The SMILES string of the molecule is Cc1ncnc(N2CCN(C(=O)CSc3nnc(N)s3)CC2)c1C. The Labute approximate surface area is 148 Å². The van der Waals surface area contributed by atoms with Gasteiger partial charge in [-0.3, -0.25) is 4.79 Å². The number of nitrogens with zero attached hydrogens (tertiary/aromatic N) is 6. The van der Waals surface area contributed by atoms with Crippen LogP contribution in [0.25, 0.3) is 0 Å². The molecule has 3 heterocycles. The Morgan fingerprint density at radius 1 is 1.25 bits per heavy atom. The van der Waals surface area contributed by atoms with Crippen molar-refractivity contribution in [2.75, 3.05) is 42.6 Å². The second-order valence-electron chi connectivity index (χ2n) is 5.47. The van der Waals surface area contributed by atoms with Gasteiger partial charge in [0.1, 0.15) is 12.1 Å². The fourth-order valence-electron chi connectivity index (χ4n) is 2.51. The van der Waals surface area contributed by atoms with Crippen molar-refractivity contribution in [2.24, 2.45) is 0 Å². The number of carbonyl (C=O) groups is 1. The summed E-state index contributed by atoms with van der Waals surface area (Å²) in [6.07, 6.45) is 1.60. The van der Waals surface area contributed by atoms with Crippen LogP contribution in [0, 0.1) is 13.8 Å². The molecule has 8 nitrogen and oxygen atoms in total. The highest BCUT2D eigenvalue weighted by Gasteiger charge is 2.23. The standard InChI is InChI=1S/C14H19N7OS2/c1-9-10(2)16-8-17-12(9)21-5-3-20(4-6-21)11(22)7-23-14-19-18-13(15)24-14/h8H,3-7H2,1-2H3,(H2,15,18). The number of rotatable bonds is 4. The van der Waals surface area contributed by atoms with Gasteiger partial charge in [0.2, 0.25) is 11.0 Å². The third kappa shape index (κ3) is 3.75. The lowest BCUT2D eigenvalue weighted by Gasteiger charge is -2.36. The summed E-state index contributed by atoms with van der Waals surface area (Å²) in [5.74, 6) is 1.44. The summed E-state index contributed by atoms with van der Waals surface area (Å²) in [4.78, 5) is 25.0. The maximum Gasteiger partial charge on any atom is 0.233 e. The van der Waals surface area contributed by atoms with E-state index in [2.05, 4.69) is 25.1 Å². The first-order valence-corrected chi connectivity index (χ1v) is 9.37. The van der Waals surface area contributed by atoms with Crippen LogP contribution in [0.4, 0.5) is 10.9 Å². The van der Waals surface area contributed by atoms with Crippen molar-refractivity contribution in [1.82, 2.24) is 25.1 Å². The molecule has 0 atom stereocenters. The van der Waals surface area contributed by atoms with Gasteiger partial charge in [0.05, 0.1) is 5.75 Å². The zero-order valence-electron chi connectivity index (χ0n) is 13.6. The van der Waals surface area contributed by atoms with E-state index in [1.165, 1.54) is 23.1 Å². The van der Waals surface area contributed by atoms with Crippen molar-refractivity contribution in [1.29, 1.82) is 0 Å². The van der Waals surface area contributed by atoms with Gasteiger partial charge >= 0.3 is 0 Å². The first-order valence-electron chi connectivity index (χ1n) is 7.57. The number of aromatic nitrogens is 4. The Kier molecular flexibility index (Phi) is 5.14. The first kappa shape index (κ1) is 16.9. The predicted octanol–water partition coefficient (Wildman–Crippen LogP) is 0.968. The monoisotopic (exact) mass is 365 g/mol. The highest BCUT2D eigenvalue weighted by atomic mass is 32.2. The highest BCUT2D eigenvalue weighted by molar-refractivity contribution is 8.01. The Morgan fingerprint density at radius 3 is 2.67 bits per heavy atom. The lowest BCUT2D eigenvalue weighted by Crippen LogP contribution is -2.49. The van der Waals surface area contributed by atoms with Gasteiger partial charge < -0.3 is 15.5 Å². The van der Waals surface area contributed by atoms with Crippen LogP contribution in [0.5, 0.6) is 0 Å². The Balaban J connectivity index is 1.53. The molecule has 0 saturated carbocycles. The summed E-state index contributed by atoms with van der Waals surface area (Å²) < 4.78 is 0.728. The van der Waals surface area contributed by atoms with Crippen LogP contribution >= 0.6 is 23.1 Å². The van der Waals surface area contributed by atoms with E-state index in [0.717, 1.165) is 34.5 Å². The molecule has 0 unspecified atom stereocenters. The van der Waals surface area contributed by atoms with Gasteiger partial charge in [-0.2, -0.15) is 0 Å². The maximum absolute atomic E-state index is 12.3. The molecule has 0 bridgehead atoms. The van der Waals surface area contributed by atoms with Crippen molar-refractivity contribution in [2.45, 2.75) is 18.2 Å². The third-order valence-electron chi connectivity index (χ3n) is 3.98. The van der Waals surface area contributed by atoms with Crippen molar-refractivity contribution >= 4 is 40.0 Å². The van der Waals surface area contributed by atoms with Crippen LogP contribution in [0.2, 0.25) is 0 Å². The average molecular weight is 365 g/mol. The van der Waals surface area contributed by atoms with Crippen molar-refractivity contribution in [3.8, 4) is 0 Å². The topological polar surface area (TPSA) is 101 Å². The van der Waals surface area contributed by atoms with Crippen LogP contribution in [-0.4, -0.2) is 62.9 Å². The number of aryl methyl sites for hydroxylation is 1. The molecule has 2 aromatic heterocycles. The molecule has 1 fully saturated rings. The molecule has 0 spiro atoms. The molecule has 1 saturated heterocycles. The van der Waals surface area contributed by atoms with Gasteiger partial charge in [-0.15, -0.1) is 10.2 Å². The van der Waals surface area contributed by atoms with Crippen molar-refractivity contribution in [3.63, 3.8) is 0 Å². The molecule has 1 amide bonds. The maximum atomic E-state index is 12.3. The fraction of sp³-hybridized carbons (Fsp3) is 0.500. The molecule has 128 valence electrons. The molecule has 0 radical (unpaired) electrons. The van der Waals surface area contributed by atoms with Crippen LogP contribution in [0.3, 0.4) is 0 Å². The Morgan fingerprint density at radius 2 is 2.00 bits per heavy atom. The van der Waals surface area contributed by atoms with E-state index in [0.29, 0.717) is 24.0 Å². The molecular formula is C14H19N7OS2. The zero-order valence-corrected chi connectivity index (χ0v) is 15.2. The number of nitrogen functional groups attached to an aromatic ring is 1. The fourth-order valence-corrected chi connectivity index (χ4v) is 4.04. The average Bonchev–Trinajstić information content (AvgIpc) is 3.01. The smallest absolute Gasteiger partial charge is 0.233 e. The van der Waals surface area contributed by atoms with E-state index in [1.54, 1.807) is 6.33 Å². The van der Waals surface area contributed by atoms with E-state index in [-0.39, 0.29) is 5.91 Å². The van der Waals surface area contributed by atoms with Crippen molar-refractivity contribution in [3.05, 3.63) is 17.6 Å². The Hall–Kier alpha value is -1.94. The number of hydrogen-bond acceptors (Lipinski definition) is 9. The largest absolute Gasteiger partial charge is 0.374 e. The number of hydrogen-bond donors (Lipinski definition) is 1. The van der Waals surface area contributed by atoms with Crippen LogP contribution in [0.1, 0.15) is 11.3 Å². The molecule has 24 heavy (non-hydrogen) atoms. The Bertz CT molecular complexity index is 728. The summed E-state index contributed by atoms with van der Waals surface area (Å²) >= 11 is 2.69. The van der Waals surface area contributed by atoms with Crippen LogP contribution < -0.4 is 10.6 Å². The molecule has 2 aromatic rings. The summed E-state index contributed by atoms with van der Waals surface area (Å²) in [5, 5.41) is 8.09. The molecule has 1 aliphatic heterocycles. The minimum atomic E-state index is 0.115. The van der Waals surface area contributed by atoms with Crippen LogP contribution in [0.15, 0.2) is 10.7 Å². The highest BCUT2D eigenvalue weighted by Crippen LogP contribution is 2.24. The molecule has 1 aliphatic rings. The second-order valence-corrected chi connectivity index (χ2v) is 7.70. The van der Waals surface area contributed by atoms with E-state index < -0.39 is 0 Å². The summed E-state index contributed by atoms with van der Waals surface area (Å²) in [7, 11) is 0. The molecule has 0 aliphatic carbocycles. The number of anilines is 2. The van der Waals surface area contributed by atoms with E-state index in [4.69, 9.17) is 5.73 Å². The number of carbonyl (C=O) groups excluding carboxylic acids is 1. The summed E-state index contributed by atoms with van der Waals surface area (Å²) in [5.41, 5.74) is 7.63. The second kappa shape index (κ2) is 7.31. The number of thioether (sulfide) groups is 1. The van der Waals surface area contributed by atoms with E-state index >= 15 is 0 Å². The quantitative estimate of drug-likeness (QED) is 0.800. The first-order chi connectivity index (χ1) is 11.5. The normalized spacial score (nSPS) is 14.9. The van der Waals surface area contributed by atoms with Gasteiger partial charge in [-0.05, 0) is 13.8 Å². The van der Waals surface area contributed by atoms with E-state index in [1.807, 2.05) is 18.7 Å². The summed E-state index contributed by atoms with van der Waals surface area (Å²) in [6, 6.07) is 0. The molecule has 10 heteroatoms. The predicted molar refractivity (Wildman–Crippen MR) is 95.3 cm³/mol. The third-order valence-corrected chi connectivity index (χ3v) is 5.85. The van der Waals surface area contributed by atoms with Crippen LogP contribution in [-0.2, 0) is 4.79 Å². The zero-order chi connectivity index (χ0) is 17.1. The molecule has 3 rings (SSSR count). The minimum absolute atomic E-state index is 0.115. The molecule has 2 N–H and O–H groups in total. The number of piperazine rings is 1. The lowest BCUT2D eigenvalue weighted by atomic mass is 10.2.